The highest BCUT2D eigenvalue weighted by Gasteiger charge is 2.20. The molecule has 2 aromatic heterocycles. The first-order valence-corrected chi connectivity index (χ1v) is 11.5. The van der Waals surface area contributed by atoms with Gasteiger partial charge in [0.2, 0.25) is 11.7 Å². The van der Waals surface area contributed by atoms with Crippen LogP contribution >= 0.6 is 0 Å². The third-order valence-electron chi connectivity index (χ3n) is 5.61. The first kappa shape index (κ1) is 24.6. The van der Waals surface area contributed by atoms with E-state index >= 15 is 0 Å². The van der Waals surface area contributed by atoms with E-state index in [4.69, 9.17) is 9.26 Å². The Labute approximate surface area is 207 Å². The summed E-state index contributed by atoms with van der Waals surface area (Å²) in [6.07, 6.45) is 0. The van der Waals surface area contributed by atoms with Crippen LogP contribution in [0.2, 0.25) is 0 Å². The molecule has 4 rings (SSSR count). The topological polar surface area (TPSA) is 116 Å². The Morgan fingerprint density at radius 2 is 1.81 bits per heavy atom. The molecule has 9 heteroatoms. The molecule has 0 saturated heterocycles. The van der Waals surface area contributed by atoms with Crippen LogP contribution in [0.4, 0.5) is 5.69 Å². The minimum atomic E-state index is -0.478. The molecule has 1 N–H and O–H groups in total. The van der Waals surface area contributed by atoms with Gasteiger partial charge in [0, 0.05) is 16.9 Å². The molecule has 0 saturated carbocycles. The molecule has 0 aliphatic heterocycles. The van der Waals surface area contributed by atoms with E-state index < -0.39 is 17.4 Å². The average molecular weight is 487 g/mol. The maximum atomic E-state index is 13.4. The lowest BCUT2D eigenvalue weighted by Gasteiger charge is -2.13. The second kappa shape index (κ2) is 10.4. The number of nitrogens with zero attached hydrogens (tertiary/aromatic N) is 3. The lowest BCUT2D eigenvalue weighted by atomic mass is 10.1. The Bertz CT molecular complexity index is 1490. The van der Waals surface area contributed by atoms with Gasteiger partial charge in [-0.25, -0.2) is 4.79 Å². The zero-order valence-electron chi connectivity index (χ0n) is 20.5. The van der Waals surface area contributed by atoms with E-state index in [1.165, 1.54) is 10.6 Å². The fourth-order valence-corrected chi connectivity index (χ4v) is 3.81. The summed E-state index contributed by atoms with van der Waals surface area (Å²) in [4.78, 5) is 42.6. The summed E-state index contributed by atoms with van der Waals surface area (Å²) in [5.41, 5.74) is 3.70. The fraction of sp³-hybridized carbons (Fsp3) is 0.222. The predicted octanol–water partition coefficient (Wildman–Crippen LogP) is 4.31. The van der Waals surface area contributed by atoms with Gasteiger partial charge in [-0.15, -0.1) is 0 Å². The van der Waals surface area contributed by atoms with Gasteiger partial charge in [0.1, 0.15) is 12.1 Å². The van der Waals surface area contributed by atoms with E-state index in [-0.39, 0.29) is 24.6 Å². The molecule has 0 atom stereocenters. The second-order valence-corrected chi connectivity index (χ2v) is 8.37. The Morgan fingerprint density at radius 1 is 1.06 bits per heavy atom. The molecule has 2 aromatic carbocycles. The third kappa shape index (κ3) is 5.25. The van der Waals surface area contributed by atoms with E-state index in [1.54, 1.807) is 45.0 Å². The zero-order valence-corrected chi connectivity index (χ0v) is 20.5. The van der Waals surface area contributed by atoms with Crippen LogP contribution < -0.4 is 10.9 Å². The van der Waals surface area contributed by atoms with E-state index in [2.05, 4.69) is 15.5 Å². The number of pyridine rings is 1. The molecule has 0 radical (unpaired) electrons. The zero-order chi connectivity index (χ0) is 25.8. The number of anilines is 1. The summed E-state index contributed by atoms with van der Waals surface area (Å²) < 4.78 is 11.8. The highest BCUT2D eigenvalue weighted by atomic mass is 16.5. The maximum absolute atomic E-state index is 13.4. The summed E-state index contributed by atoms with van der Waals surface area (Å²) in [5.74, 6) is -0.449. The molecule has 0 aliphatic carbocycles. The fourth-order valence-electron chi connectivity index (χ4n) is 3.81. The Hall–Kier alpha value is -4.53. The number of ether oxygens (including phenoxy) is 1. The van der Waals surface area contributed by atoms with Crippen LogP contribution in [0.25, 0.3) is 22.8 Å². The largest absolute Gasteiger partial charge is 0.462 e. The highest BCUT2D eigenvalue weighted by molar-refractivity contribution is 5.94. The molecule has 0 bridgehead atoms. The summed E-state index contributed by atoms with van der Waals surface area (Å²) in [6.45, 7) is 7.25. The highest BCUT2D eigenvalue weighted by Crippen LogP contribution is 2.23. The molecule has 36 heavy (non-hydrogen) atoms. The van der Waals surface area contributed by atoms with Crippen LogP contribution in [0.1, 0.15) is 34.1 Å². The van der Waals surface area contributed by atoms with Crippen molar-refractivity contribution in [2.24, 2.45) is 0 Å². The smallest absolute Gasteiger partial charge is 0.338 e. The molecule has 9 nitrogen and oxygen atoms in total. The monoisotopic (exact) mass is 486 g/mol. The van der Waals surface area contributed by atoms with Crippen molar-refractivity contribution < 1.29 is 18.8 Å². The van der Waals surface area contributed by atoms with Crippen molar-refractivity contribution >= 4 is 17.6 Å². The van der Waals surface area contributed by atoms with Crippen molar-refractivity contribution in [3.63, 3.8) is 0 Å². The molecule has 0 spiro atoms. The summed E-state index contributed by atoms with van der Waals surface area (Å²) in [5, 5.41) is 6.76. The number of benzene rings is 2. The molecule has 0 unspecified atom stereocenters. The number of amides is 1. The van der Waals surface area contributed by atoms with Crippen LogP contribution in [0.15, 0.2) is 63.9 Å². The third-order valence-corrected chi connectivity index (χ3v) is 5.61. The SMILES string of the molecule is CCOC(=O)c1cccc(NC(=O)Cn2c(C)cc(C)c(-c3nc(-c4ccc(C)cc4)no3)c2=O)c1. The molecule has 4 aromatic rings. The van der Waals surface area contributed by atoms with Crippen LogP contribution in [-0.4, -0.2) is 33.2 Å². The molecule has 2 heterocycles. The summed E-state index contributed by atoms with van der Waals surface area (Å²) >= 11 is 0. The number of aromatic nitrogens is 3. The number of nitrogens with one attached hydrogen (secondary N) is 1. The Morgan fingerprint density at radius 3 is 2.53 bits per heavy atom. The summed E-state index contributed by atoms with van der Waals surface area (Å²) in [7, 11) is 0. The van der Waals surface area contributed by atoms with Crippen molar-refractivity contribution in [3.8, 4) is 22.8 Å². The first-order chi connectivity index (χ1) is 17.3. The van der Waals surface area contributed by atoms with Gasteiger partial charge >= 0.3 is 5.97 Å². The molecular formula is C27H26N4O5. The van der Waals surface area contributed by atoms with Crippen molar-refractivity contribution in [3.05, 3.63) is 87.3 Å². The van der Waals surface area contributed by atoms with Crippen LogP contribution in [0, 0.1) is 20.8 Å². The number of hydrogen-bond donors (Lipinski definition) is 1. The lowest BCUT2D eigenvalue weighted by Crippen LogP contribution is -2.30. The van der Waals surface area contributed by atoms with Gasteiger partial charge in [-0.2, -0.15) is 4.98 Å². The first-order valence-electron chi connectivity index (χ1n) is 11.5. The molecule has 0 fully saturated rings. The van der Waals surface area contributed by atoms with Gasteiger partial charge in [-0.3, -0.25) is 9.59 Å². The minimum absolute atomic E-state index is 0.0874. The lowest BCUT2D eigenvalue weighted by molar-refractivity contribution is -0.116. The number of rotatable bonds is 7. The number of aryl methyl sites for hydroxylation is 3. The van der Waals surface area contributed by atoms with Gasteiger partial charge in [0.15, 0.2) is 0 Å². The van der Waals surface area contributed by atoms with E-state index in [9.17, 15) is 14.4 Å². The standard InChI is InChI=1S/C27H26N4O5/c1-5-35-27(34)20-7-6-8-21(14-20)28-22(32)15-31-18(4)13-17(3)23(26(31)33)25-29-24(30-36-25)19-11-9-16(2)10-12-19/h6-14H,5,15H2,1-4H3,(H,28,32). The van der Waals surface area contributed by atoms with Gasteiger partial charge in [-0.05, 0) is 57.5 Å². The van der Waals surface area contributed by atoms with Gasteiger partial charge in [0.05, 0.1) is 12.2 Å². The summed E-state index contributed by atoms with van der Waals surface area (Å²) in [6, 6.07) is 15.9. The second-order valence-electron chi connectivity index (χ2n) is 8.37. The van der Waals surface area contributed by atoms with Crippen LogP contribution in [-0.2, 0) is 16.1 Å². The molecule has 1 amide bonds. The molecule has 184 valence electrons. The van der Waals surface area contributed by atoms with Crippen molar-refractivity contribution in [1.82, 2.24) is 14.7 Å². The maximum Gasteiger partial charge on any atom is 0.338 e. The number of hydrogen-bond acceptors (Lipinski definition) is 7. The van der Waals surface area contributed by atoms with Crippen molar-refractivity contribution in [1.29, 1.82) is 0 Å². The molecule has 0 aliphatic rings. The normalized spacial score (nSPS) is 10.8. The predicted molar refractivity (Wildman–Crippen MR) is 135 cm³/mol. The van der Waals surface area contributed by atoms with E-state index in [0.717, 1.165) is 11.1 Å². The van der Waals surface area contributed by atoms with Crippen LogP contribution in [0.5, 0.6) is 0 Å². The Balaban J connectivity index is 1.59. The van der Waals surface area contributed by atoms with Crippen LogP contribution in [0.3, 0.4) is 0 Å². The van der Waals surface area contributed by atoms with Crippen molar-refractivity contribution in [2.75, 3.05) is 11.9 Å². The number of carbonyl (C=O) groups excluding carboxylic acids is 2. The van der Waals surface area contributed by atoms with Gasteiger partial charge in [0.25, 0.3) is 11.4 Å². The number of esters is 1. The van der Waals surface area contributed by atoms with Gasteiger partial charge in [-0.1, -0.05) is 41.1 Å². The quantitative estimate of drug-likeness (QED) is 0.387. The number of carbonyl (C=O) groups is 2. The van der Waals surface area contributed by atoms with E-state index in [1.807, 2.05) is 31.2 Å². The van der Waals surface area contributed by atoms with Gasteiger partial charge < -0.3 is 19.1 Å². The average Bonchev–Trinajstić information content (AvgIpc) is 3.32. The van der Waals surface area contributed by atoms with Crippen molar-refractivity contribution in [2.45, 2.75) is 34.2 Å². The minimum Gasteiger partial charge on any atom is -0.462 e. The van der Waals surface area contributed by atoms with E-state index in [0.29, 0.717) is 28.3 Å². The molecular weight excluding hydrogens is 460 g/mol. The Kier molecular flexibility index (Phi) is 7.10.